The first-order valence-electron chi connectivity index (χ1n) is 6.12. The van der Waals surface area contributed by atoms with Crippen molar-refractivity contribution in [1.29, 1.82) is 0 Å². The highest BCUT2D eigenvalue weighted by Crippen LogP contribution is 2.43. The smallest absolute Gasteiger partial charge is 0.126 e. The summed E-state index contributed by atoms with van der Waals surface area (Å²) < 4.78 is 19.0. The maximum Gasteiger partial charge on any atom is 0.126 e. The average molecular weight is 241 g/mol. The molecule has 2 aromatic rings. The number of hydrogen-bond acceptors (Lipinski definition) is 1. The lowest BCUT2D eigenvalue weighted by Crippen LogP contribution is -1.98. The summed E-state index contributed by atoms with van der Waals surface area (Å²) in [7, 11) is 0. The lowest BCUT2D eigenvalue weighted by Gasteiger charge is -2.11. The highest BCUT2D eigenvalue weighted by molar-refractivity contribution is 5.42. The number of hydrogen-bond donors (Lipinski definition) is 0. The monoisotopic (exact) mass is 241 g/mol. The zero-order valence-corrected chi connectivity index (χ0v) is 9.97. The summed E-state index contributed by atoms with van der Waals surface area (Å²) in [4.78, 5) is 0. The number of halogens is 1. The van der Waals surface area contributed by atoms with Crippen molar-refractivity contribution in [3.8, 4) is 5.75 Å². The molecule has 1 aliphatic rings. The van der Waals surface area contributed by atoms with Gasteiger partial charge in [0, 0.05) is 6.07 Å². The third-order valence-electron chi connectivity index (χ3n) is 3.08. The molecule has 1 fully saturated rings. The molecular formula is C16H14FO. The van der Waals surface area contributed by atoms with Crippen molar-refractivity contribution >= 4 is 0 Å². The normalized spacial score (nSPS) is 14.5. The molecule has 0 heterocycles. The number of ether oxygens (including phenoxy) is 1. The molecule has 91 valence electrons. The zero-order chi connectivity index (χ0) is 12.4. The first-order chi connectivity index (χ1) is 8.83. The Bertz CT molecular complexity index is 532. The van der Waals surface area contributed by atoms with Crippen LogP contribution in [0.4, 0.5) is 4.39 Å². The molecule has 1 unspecified atom stereocenters. The van der Waals surface area contributed by atoms with Crippen LogP contribution in [0.25, 0.3) is 0 Å². The van der Waals surface area contributed by atoms with Crippen LogP contribution in [0.2, 0.25) is 0 Å². The highest BCUT2D eigenvalue weighted by Gasteiger charge is 2.27. The molecule has 1 radical (unpaired) electrons. The zero-order valence-electron chi connectivity index (χ0n) is 9.97. The van der Waals surface area contributed by atoms with E-state index in [0.717, 1.165) is 17.5 Å². The standard InChI is InChI=1S/C16H14FO/c17-14-8-9-15(13-6-7-13)16(10-14)18-11-12-4-2-1-3-5-12/h1-6,8-10,13H,7,11H2. The number of benzene rings is 2. The Kier molecular flexibility index (Phi) is 3.01. The molecule has 0 amide bonds. The number of rotatable bonds is 4. The fourth-order valence-electron chi connectivity index (χ4n) is 2.00. The van der Waals surface area contributed by atoms with Gasteiger partial charge in [-0.05, 0) is 36.0 Å². The maximum atomic E-state index is 13.3. The van der Waals surface area contributed by atoms with Crippen LogP contribution in [-0.2, 0) is 6.61 Å². The first kappa shape index (κ1) is 11.3. The van der Waals surface area contributed by atoms with Gasteiger partial charge in [-0.1, -0.05) is 36.4 Å². The van der Waals surface area contributed by atoms with Gasteiger partial charge in [0.2, 0.25) is 0 Å². The second kappa shape index (κ2) is 4.81. The fourth-order valence-corrected chi connectivity index (χ4v) is 2.00. The van der Waals surface area contributed by atoms with Gasteiger partial charge in [0.15, 0.2) is 0 Å². The van der Waals surface area contributed by atoms with Gasteiger partial charge >= 0.3 is 0 Å². The molecule has 1 atom stereocenters. The lowest BCUT2D eigenvalue weighted by atomic mass is 10.1. The molecule has 0 N–H and O–H groups in total. The van der Waals surface area contributed by atoms with Crippen molar-refractivity contribution < 1.29 is 9.13 Å². The van der Waals surface area contributed by atoms with E-state index < -0.39 is 0 Å². The van der Waals surface area contributed by atoms with E-state index in [1.54, 1.807) is 0 Å². The largest absolute Gasteiger partial charge is 0.489 e. The van der Waals surface area contributed by atoms with Gasteiger partial charge in [-0.15, -0.1) is 0 Å². The van der Waals surface area contributed by atoms with Crippen molar-refractivity contribution in [3.63, 3.8) is 0 Å². The van der Waals surface area contributed by atoms with E-state index in [0.29, 0.717) is 18.3 Å². The van der Waals surface area contributed by atoms with Gasteiger partial charge in [-0.25, -0.2) is 4.39 Å². The third kappa shape index (κ3) is 2.53. The van der Waals surface area contributed by atoms with Gasteiger partial charge in [-0.2, -0.15) is 0 Å². The lowest BCUT2D eigenvalue weighted by molar-refractivity contribution is 0.301. The summed E-state index contributed by atoms with van der Waals surface area (Å²) in [5, 5.41) is 0. The molecule has 0 aliphatic heterocycles. The van der Waals surface area contributed by atoms with Crippen molar-refractivity contribution in [3.05, 3.63) is 71.9 Å². The van der Waals surface area contributed by atoms with Crippen LogP contribution in [0.1, 0.15) is 23.5 Å². The molecule has 1 nitrogen and oxygen atoms in total. The predicted octanol–water partition coefficient (Wildman–Crippen LogP) is 4.10. The van der Waals surface area contributed by atoms with E-state index in [-0.39, 0.29) is 5.82 Å². The van der Waals surface area contributed by atoms with E-state index in [1.165, 1.54) is 12.1 Å². The van der Waals surface area contributed by atoms with Crippen molar-refractivity contribution in [2.75, 3.05) is 0 Å². The Labute approximate surface area is 106 Å². The molecule has 0 saturated heterocycles. The van der Waals surface area contributed by atoms with E-state index in [9.17, 15) is 4.39 Å². The van der Waals surface area contributed by atoms with Gasteiger partial charge in [0.05, 0.1) is 0 Å². The van der Waals surface area contributed by atoms with E-state index in [2.05, 4.69) is 6.42 Å². The van der Waals surface area contributed by atoms with Gasteiger partial charge in [0.25, 0.3) is 0 Å². The second-order valence-electron chi connectivity index (χ2n) is 4.53. The van der Waals surface area contributed by atoms with E-state index in [1.807, 2.05) is 36.4 Å². The van der Waals surface area contributed by atoms with Crippen molar-refractivity contribution in [2.45, 2.75) is 18.9 Å². The van der Waals surface area contributed by atoms with Crippen LogP contribution in [0.5, 0.6) is 5.75 Å². The molecular weight excluding hydrogens is 227 g/mol. The van der Waals surface area contributed by atoms with Crippen LogP contribution >= 0.6 is 0 Å². The Hall–Kier alpha value is -1.83. The van der Waals surface area contributed by atoms with Crippen molar-refractivity contribution in [1.82, 2.24) is 0 Å². The van der Waals surface area contributed by atoms with E-state index >= 15 is 0 Å². The minimum Gasteiger partial charge on any atom is -0.489 e. The van der Waals surface area contributed by atoms with Gasteiger partial charge in [0.1, 0.15) is 18.2 Å². The molecule has 2 aromatic carbocycles. The van der Waals surface area contributed by atoms with Crippen LogP contribution in [0.15, 0.2) is 48.5 Å². The highest BCUT2D eigenvalue weighted by atomic mass is 19.1. The topological polar surface area (TPSA) is 9.23 Å². The molecule has 1 saturated carbocycles. The summed E-state index contributed by atoms with van der Waals surface area (Å²) in [6, 6.07) is 14.7. The average Bonchev–Trinajstić information content (AvgIpc) is 3.22. The first-order valence-corrected chi connectivity index (χ1v) is 6.12. The summed E-state index contributed by atoms with van der Waals surface area (Å²) in [5.74, 6) is 0.858. The van der Waals surface area contributed by atoms with Crippen LogP contribution in [0.3, 0.4) is 0 Å². The second-order valence-corrected chi connectivity index (χ2v) is 4.53. The summed E-state index contributed by atoms with van der Waals surface area (Å²) in [6.07, 6.45) is 3.26. The van der Waals surface area contributed by atoms with Crippen LogP contribution < -0.4 is 4.74 Å². The minimum absolute atomic E-state index is 0.248. The molecule has 2 heteroatoms. The van der Waals surface area contributed by atoms with Gasteiger partial charge in [-0.3, -0.25) is 0 Å². The van der Waals surface area contributed by atoms with E-state index in [4.69, 9.17) is 4.74 Å². The summed E-state index contributed by atoms with van der Waals surface area (Å²) >= 11 is 0. The van der Waals surface area contributed by atoms with Crippen LogP contribution in [-0.4, -0.2) is 0 Å². The minimum atomic E-state index is -0.248. The fraction of sp³-hybridized carbons (Fsp3) is 0.188. The maximum absolute atomic E-state index is 13.3. The Morgan fingerprint density at radius 2 is 1.89 bits per heavy atom. The quantitative estimate of drug-likeness (QED) is 0.783. The Balaban J connectivity index is 1.77. The summed E-state index contributed by atoms with van der Waals surface area (Å²) in [6.45, 7) is 0.476. The predicted molar refractivity (Wildman–Crippen MR) is 68.8 cm³/mol. The molecule has 3 rings (SSSR count). The van der Waals surface area contributed by atoms with Crippen molar-refractivity contribution in [2.24, 2.45) is 0 Å². The Morgan fingerprint density at radius 1 is 1.11 bits per heavy atom. The Morgan fingerprint density at radius 3 is 2.61 bits per heavy atom. The molecule has 18 heavy (non-hydrogen) atoms. The van der Waals surface area contributed by atoms with Crippen LogP contribution in [0, 0.1) is 12.2 Å². The third-order valence-corrected chi connectivity index (χ3v) is 3.08. The molecule has 0 bridgehead atoms. The molecule has 0 aromatic heterocycles. The molecule has 0 spiro atoms. The van der Waals surface area contributed by atoms with Gasteiger partial charge < -0.3 is 4.74 Å². The molecule has 1 aliphatic carbocycles. The SMILES string of the molecule is Fc1ccc(C2[CH]C2)c(OCc2ccccc2)c1. The summed E-state index contributed by atoms with van der Waals surface area (Å²) in [5.41, 5.74) is 2.18.